The van der Waals surface area contributed by atoms with Crippen molar-refractivity contribution in [3.8, 4) is 0 Å². The molecule has 0 amide bonds. The van der Waals surface area contributed by atoms with Crippen LogP contribution in [0.4, 0.5) is 18.9 Å². The molecule has 3 aliphatic rings. The van der Waals surface area contributed by atoms with E-state index in [1.165, 1.54) is 6.07 Å². The van der Waals surface area contributed by atoms with Gasteiger partial charge in [-0.1, -0.05) is 0 Å². The number of nitrogens with zero attached hydrogens (tertiary/aromatic N) is 1. The average Bonchev–Trinajstić information content (AvgIpc) is 3.38. The zero-order valence-corrected chi connectivity index (χ0v) is 17.0. The summed E-state index contributed by atoms with van der Waals surface area (Å²) in [5, 5.41) is 8.63. The highest BCUT2D eigenvalue weighted by molar-refractivity contribution is 7.89. The van der Waals surface area contributed by atoms with Crippen molar-refractivity contribution in [2.75, 3.05) is 31.1 Å². The van der Waals surface area contributed by atoms with Crippen molar-refractivity contribution >= 4 is 15.7 Å². The molecular formula is C17H26F3N7O2S. The Balaban J connectivity index is 1.76. The van der Waals surface area contributed by atoms with Crippen LogP contribution in [0.25, 0.3) is 0 Å². The molecule has 4 rings (SSSR count). The second kappa shape index (κ2) is 8.22. The summed E-state index contributed by atoms with van der Waals surface area (Å²) >= 11 is 0. The van der Waals surface area contributed by atoms with E-state index in [0.29, 0.717) is 30.6 Å². The predicted octanol–water partition coefficient (Wildman–Crippen LogP) is 0.294. The van der Waals surface area contributed by atoms with Gasteiger partial charge < -0.3 is 10.2 Å². The Morgan fingerprint density at radius 2 is 1.70 bits per heavy atom. The number of benzene rings is 1. The van der Waals surface area contributed by atoms with Crippen molar-refractivity contribution in [2.24, 2.45) is 17.0 Å². The lowest BCUT2D eigenvalue weighted by Crippen LogP contribution is -2.34. The van der Waals surface area contributed by atoms with Gasteiger partial charge >= 0.3 is 6.18 Å². The smallest absolute Gasteiger partial charge is 0.371 e. The Morgan fingerprint density at radius 1 is 1.03 bits per heavy atom. The fraction of sp³-hybridized carbons (Fsp3) is 0.647. The van der Waals surface area contributed by atoms with Gasteiger partial charge in [-0.05, 0) is 56.3 Å². The second-order valence-corrected chi connectivity index (χ2v) is 9.47. The number of anilines is 1. The Bertz CT molecular complexity index is 884. The number of sulfonamides is 1. The van der Waals surface area contributed by atoms with E-state index < -0.39 is 32.8 Å². The van der Waals surface area contributed by atoms with Gasteiger partial charge in [0, 0.05) is 24.3 Å². The van der Waals surface area contributed by atoms with Crippen molar-refractivity contribution in [1.82, 2.24) is 27.2 Å². The molecule has 0 aliphatic carbocycles. The molecule has 0 bridgehead atoms. The summed E-state index contributed by atoms with van der Waals surface area (Å²) in [6.07, 6.45) is -2.73. The maximum absolute atomic E-state index is 13.6. The third kappa shape index (κ3) is 4.28. The first-order valence-corrected chi connectivity index (χ1v) is 11.4. The molecule has 1 aromatic rings. The molecule has 3 heterocycles. The standard InChI is InChI=1S/C17H26F3N7O2S/c18-17(19,20)12-1-2-13(14(15(12)30(21,28)29)16-23-25-26-24-16)27-8-5-11(9-27)10-3-6-22-7-4-10/h1-2,10-11,16,22-26H,3-9H2,(H2,21,28,29). The molecule has 13 heteroatoms. The number of hydrazine groups is 3. The molecule has 7 N–H and O–H groups in total. The van der Waals surface area contributed by atoms with Gasteiger partial charge in [0.15, 0.2) is 0 Å². The fourth-order valence-electron chi connectivity index (χ4n) is 4.78. The van der Waals surface area contributed by atoms with Gasteiger partial charge in [-0.25, -0.2) is 24.4 Å². The zero-order valence-electron chi connectivity index (χ0n) is 16.2. The topological polar surface area (TPSA) is 124 Å². The van der Waals surface area contributed by atoms with E-state index in [1.807, 2.05) is 4.90 Å². The van der Waals surface area contributed by atoms with Gasteiger partial charge in [0.1, 0.15) is 11.1 Å². The molecule has 1 atom stereocenters. The summed E-state index contributed by atoms with van der Waals surface area (Å²) in [5.74, 6) is 0.971. The van der Waals surface area contributed by atoms with Gasteiger partial charge in [0.25, 0.3) is 0 Å². The SMILES string of the molecule is NS(=O)(=O)c1c(C(F)(F)F)ccc(N2CCC(C3CCNCC3)C2)c1C1NNNN1. The molecule has 1 unspecified atom stereocenters. The molecule has 0 radical (unpaired) electrons. The number of primary sulfonamides is 1. The first kappa shape index (κ1) is 21.7. The minimum Gasteiger partial charge on any atom is -0.371 e. The normalized spacial score (nSPS) is 24.7. The fourth-order valence-corrected chi connectivity index (χ4v) is 5.80. The van der Waals surface area contributed by atoms with Crippen molar-refractivity contribution in [3.63, 3.8) is 0 Å². The van der Waals surface area contributed by atoms with E-state index in [0.717, 1.165) is 38.4 Å². The van der Waals surface area contributed by atoms with Crippen LogP contribution in [0.15, 0.2) is 17.0 Å². The third-order valence-corrected chi connectivity index (χ3v) is 7.17. The first-order chi connectivity index (χ1) is 14.2. The number of piperidine rings is 1. The van der Waals surface area contributed by atoms with Crippen LogP contribution in [0.1, 0.15) is 36.6 Å². The van der Waals surface area contributed by atoms with Gasteiger partial charge in [-0.3, -0.25) is 0 Å². The highest BCUT2D eigenvalue weighted by Gasteiger charge is 2.42. The van der Waals surface area contributed by atoms with Gasteiger partial charge in [0.2, 0.25) is 10.0 Å². The number of rotatable bonds is 4. The van der Waals surface area contributed by atoms with E-state index >= 15 is 0 Å². The third-order valence-electron chi connectivity index (χ3n) is 6.16. The van der Waals surface area contributed by atoms with Crippen molar-refractivity contribution in [2.45, 2.75) is 36.5 Å². The van der Waals surface area contributed by atoms with E-state index in [2.05, 4.69) is 27.2 Å². The molecule has 3 fully saturated rings. The summed E-state index contributed by atoms with van der Waals surface area (Å²) in [6, 6.07) is 2.16. The number of hydrogen-bond donors (Lipinski definition) is 6. The zero-order chi connectivity index (χ0) is 21.5. The minimum absolute atomic E-state index is 0.0456. The number of nitrogens with one attached hydrogen (secondary N) is 5. The van der Waals surface area contributed by atoms with Crippen LogP contribution >= 0.6 is 0 Å². The quantitative estimate of drug-likeness (QED) is 0.388. The van der Waals surface area contributed by atoms with Crippen LogP contribution in [0.5, 0.6) is 0 Å². The summed E-state index contributed by atoms with van der Waals surface area (Å²) < 4.78 is 65.6. The summed E-state index contributed by atoms with van der Waals surface area (Å²) in [7, 11) is -4.66. The molecule has 0 spiro atoms. The Hall–Kier alpha value is -1.48. The van der Waals surface area contributed by atoms with E-state index in [1.54, 1.807) is 0 Å². The van der Waals surface area contributed by atoms with Crippen molar-refractivity contribution < 1.29 is 21.6 Å². The largest absolute Gasteiger partial charge is 0.417 e. The van der Waals surface area contributed by atoms with Gasteiger partial charge in [0.05, 0.1) is 5.56 Å². The highest BCUT2D eigenvalue weighted by Crippen LogP contribution is 2.43. The van der Waals surface area contributed by atoms with Gasteiger partial charge in [-0.2, -0.15) is 24.2 Å². The van der Waals surface area contributed by atoms with E-state index in [-0.39, 0.29) is 5.56 Å². The molecule has 0 aromatic heterocycles. The number of hydrogen-bond acceptors (Lipinski definition) is 8. The van der Waals surface area contributed by atoms with E-state index in [9.17, 15) is 21.6 Å². The maximum atomic E-state index is 13.6. The number of halogens is 3. The molecule has 1 aromatic carbocycles. The van der Waals surface area contributed by atoms with Crippen molar-refractivity contribution in [1.29, 1.82) is 0 Å². The summed E-state index contributed by atoms with van der Waals surface area (Å²) in [6.45, 7) is 3.25. The first-order valence-electron chi connectivity index (χ1n) is 9.90. The Morgan fingerprint density at radius 3 is 2.30 bits per heavy atom. The van der Waals surface area contributed by atoms with Crippen LogP contribution in [0.3, 0.4) is 0 Å². The molecule has 30 heavy (non-hydrogen) atoms. The number of nitrogens with two attached hydrogens (primary N) is 1. The lowest BCUT2D eigenvalue weighted by molar-refractivity contribution is -0.140. The highest BCUT2D eigenvalue weighted by atomic mass is 32.2. The summed E-state index contributed by atoms with van der Waals surface area (Å²) in [5.41, 5.74) is 9.59. The van der Waals surface area contributed by atoms with Crippen LogP contribution in [-0.4, -0.2) is 34.6 Å². The number of alkyl halides is 3. The minimum atomic E-state index is -4.86. The lowest BCUT2D eigenvalue weighted by Gasteiger charge is -2.30. The Labute approximate surface area is 172 Å². The van der Waals surface area contributed by atoms with Crippen molar-refractivity contribution in [3.05, 3.63) is 23.3 Å². The maximum Gasteiger partial charge on any atom is 0.417 e. The molecule has 168 valence electrons. The Kier molecular flexibility index (Phi) is 5.96. The monoisotopic (exact) mass is 449 g/mol. The van der Waals surface area contributed by atoms with Crippen LogP contribution in [0.2, 0.25) is 0 Å². The van der Waals surface area contributed by atoms with Gasteiger partial charge in [-0.15, -0.1) is 0 Å². The molecule has 9 nitrogen and oxygen atoms in total. The molecule has 0 saturated carbocycles. The average molecular weight is 450 g/mol. The lowest BCUT2D eigenvalue weighted by atomic mass is 9.84. The van der Waals surface area contributed by atoms with Crippen LogP contribution in [-0.2, 0) is 16.2 Å². The molecule has 3 aliphatic heterocycles. The second-order valence-electron chi connectivity index (χ2n) is 7.97. The van der Waals surface area contributed by atoms with Crippen LogP contribution in [0, 0.1) is 11.8 Å². The van der Waals surface area contributed by atoms with E-state index in [4.69, 9.17) is 5.14 Å². The predicted molar refractivity (Wildman–Crippen MR) is 104 cm³/mol. The van der Waals surface area contributed by atoms with Crippen LogP contribution < -0.4 is 37.3 Å². The summed E-state index contributed by atoms with van der Waals surface area (Å²) in [4.78, 5) is 1.06. The molecule has 3 saturated heterocycles. The molecular weight excluding hydrogens is 423 g/mol.